The van der Waals surface area contributed by atoms with Gasteiger partial charge in [-0.1, -0.05) is 37.1 Å². The van der Waals surface area contributed by atoms with Crippen molar-refractivity contribution >= 4 is 0 Å². The lowest BCUT2D eigenvalue weighted by molar-refractivity contribution is 0.0262. The van der Waals surface area contributed by atoms with Gasteiger partial charge in [-0.05, 0) is 74.0 Å². The molecule has 0 heterocycles. The fourth-order valence-corrected chi connectivity index (χ4v) is 5.73. The van der Waals surface area contributed by atoms with Gasteiger partial charge in [0.1, 0.15) is 0 Å². The number of allylic oxidation sites excluding steroid dienone is 4. The molecule has 0 heteroatoms. The highest BCUT2D eigenvalue weighted by atomic mass is 14.5. The van der Waals surface area contributed by atoms with Gasteiger partial charge in [0.25, 0.3) is 0 Å². The smallest absolute Gasteiger partial charge is 0.0112 e. The summed E-state index contributed by atoms with van der Waals surface area (Å²) in [4.78, 5) is 0. The first-order valence-electron chi connectivity index (χ1n) is 8.14. The van der Waals surface area contributed by atoms with E-state index in [-0.39, 0.29) is 0 Å². The lowest BCUT2D eigenvalue weighted by atomic mass is 9.53. The first-order valence-corrected chi connectivity index (χ1v) is 8.14. The Morgan fingerprint density at radius 3 is 3.00 bits per heavy atom. The van der Waals surface area contributed by atoms with E-state index in [1.165, 1.54) is 51.4 Å². The maximum Gasteiger partial charge on any atom is -0.0112 e. The van der Waals surface area contributed by atoms with Gasteiger partial charge in [-0.25, -0.2) is 0 Å². The van der Waals surface area contributed by atoms with Crippen LogP contribution in [0.1, 0.15) is 58.3 Å². The van der Waals surface area contributed by atoms with Crippen molar-refractivity contribution in [1.29, 1.82) is 0 Å². The van der Waals surface area contributed by atoms with Crippen molar-refractivity contribution in [3.8, 4) is 0 Å². The molecule has 4 rings (SSSR count). The predicted molar refractivity (Wildman–Crippen MR) is 76.2 cm³/mol. The Hall–Kier alpha value is -0.520. The zero-order valence-corrected chi connectivity index (χ0v) is 11.7. The van der Waals surface area contributed by atoms with Gasteiger partial charge in [-0.3, -0.25) is 0 Å². The maximum absolute atomic E-state index is 2.66. The second kappa shape index (κ2) is 3.99. The third-order valence-electron chi connectivity index (χ3n) is 6.69. The summed E-state index contributed by atoms with van der Waals surface area (Å²) < 4.78 is 0. The van der Waals surface area contributed by atoms with Crippen LogP contribution in [0.2, 0.25) is 0 Å². The molecule has 0 amide bonds. The summed E-state index contributed by atoms with van der Waals surface area (Å²) in [6, 6.07) is 0. The van der Waals surface area contributed by atoms with E-state index in [1.54, 1.807) is 0 Å². The lowest BCUT2D eigenvalue weighted by Crippen LogP contribution is -2.43. The van der Waals surface area contributed by atoms with Crippen LogP contribution in [0.4, 0.5) is 0 Å². The molecule has 0 nitrogen and oxygen atoms in total. The minimum Gasteiger partial charge on any atom is -0.0877 e. The average Bonchev–Trinajstić information content (AvgIpc) is 2.80. The minimum absolute atomic E-state index is 0.557. The fourth-order valence-electron chi connectivity index (χ4n) is 5.73. The highest BCUT2D eigenvalue weighted by molar-refractivity contribution is 5.21. The molecule has 0 aromatic heterocycles. The molecule has 98 valence electrons. The van der Waals surface area contributed by atoms with Crippen LogP contribution in [0.15, 0.2) is 23.8 Å². The van der Waals surface area contributed by atoms with Gasteiger partial charge in [0.05, 0.1) is 0 Å². The Bertz CT molecular complexity index is 402. The molecule has 0 aromatic rings. The Morgan fingerprint density at radius 2 is 2.06 bits per heavy atom. The van der Waals surface area contributed by atoms with Crippen LogP contribution < -0.4 is 0 Å². The summed E-state index contributed by atoms with van der Waals surface area (Å²) in [6.45, 7) is 2.53. The molecule has 4 aliphatic rings. The predicted octanol–water partition coefficient (Wildman–Crippen LogP) is 5.12. The van der Waals surface area contributed by atoms with Gasteiger partial charge in [0, 0.05) is 0 Å². The molecule has 0 radical (unpaired) electrons. The number of rotatable bonds is 0. The second-order valence-corrected chi connectivity index (χ2v) is 7.48. The molecule has 5 atom stereocenters. The van der Waals surface area contributed by atoms with Crippen LogP contribution in [0, 0.1) is 29.1 Å². The summed E-state index contributed by atoms with van der Waals surface area (Å²) in [5, 5.41) is 0. The first kappa shape index (κ1) is 11.3. The van der Waals surface area contributed by atoms with Gasteiger partial charge < -0.3 is 0 Å². The Balaban J connectivity index is 1.65. The third kappa shape index (κ3) is 1.50. The van der Waals surface area contributed by atoms with Crippen molar-refractivity contribution < 1.29 is 0 Å². The van der Waals surface area contributed by atoms with Crippen LogP contribution in [0.5, 0.6) is 0 Å². The van der Waals surface area contributed by atoms with Gasteiger partial charge in [0.2, 0.25) is 0 Å². The fraction of sp³-hybridized carbons (Fsp3) is 0.778. The molecule has 0 saturated heterocycles. The summed E-state index contributed by atoms with van der Waals surface area (Å²) in [5.74, 6) is 4.01. The van der Waals surface area contributed by atoms with Crippen LogP contribution in [-0.2, 0) is 0 Å². The van der Waals surface area contributed by atoms with Crippen molar-refractivity contribution in [2.45, 2.75) is 58.3 Å². The second-order valence-electron chi connectivity index (χ2n) is 7.48. The molecular formula is C18H26. The summed E-state index contributed by atoms with van der Waals surface area (Å²) in [5.41, 5.74) is 2.42. The van der Waals surface area contributed by atoms with Crippen LogP contribution in [-0.4, -0.2) is 0 Å². The van der Waals surface area contributed by atoms with Crippen LogP contribution >= 0.6 is 0 Å². The minimum atomic E-state index is 0.557. The van der Waals surface area contributed by atoms with Gasteiger partial charge in [-0.2, -0.15) is 0 Å². The van der Waals surface area contributed by atoms with Crippen LogP contribution in [0.25, 0.3) is 0 Å². The van der Waals surface area contributed by atoms with Gasteiger partial charge in [-0.15, -0.1) is 0 Å². The topological polar surface area (TPSA) is 0 Å². The number of hydrogen-bond donors (Lipinski definition) is 0. The molecule has 18 heavy (non-hydrogen) atoms. The molecule has 0 spiro atoms. The Labute approximate surface area is 112 Å². The van der Waals surface area contributed by atoms with Crippen LogP contribution in [0.3, 0.4) is 0 Å². The standard InChI is InChI=1S/C18H26/c1-18-11-4-7-17(18)16-9-8-13-5-2-3-6-14(13)15(16)10-12-18/h4,8,11,14-17H,2-3,5-7,9-10,12H2,1H3/t14-,15+,16+,17-,18-/m0/s1. The quantitative estimate of drug-likeness (QED) is 0.517. The van der Waals surface area contributed by atoms with E-state index in [0.717, 1.165) is 23.7 Å². The average molecular weight is 242 g/mol. The number of fused-ring (bicyclic) bond motifs is 5. The number of hydrogen-bond acceptors (Lipinski definition) is 0. The first-order chi connectivity index (χ1) is 8.78. The Morgan fingerprint density at radius 1 is 1.11 bits per heavy atom. The zero-order chi connectivity index (χ0) is 12.2. The highest BCUT2D eigenvalue weighted by Gasteiger charge is 2.49. The molecule has 0 aromatic carbocycles. The monoisotopic (exact) mass is 242 g/mol. The summed E-state index contributed by atoms with van der Waals surface area (Å²) >= 11 is 0. The molecule has 0 N–H and O–H groups in total. The molecule has 2 saturated carbocycles. The van der Waals surface area contributed by atoms with E-state index in [2.05, 4.69) is 25.2 Å². The van der Waals surface area contributed by atoms with Crippen molar-refractivity contribution in [1.82, 2.24) is 0 Å². The van der Waals surface area contributed by atoms with E-state index in [1.807, 2.05) is 5.57 Å². The van der Waals surface area contributed by atoms with E-state index < -0.39 is 0 Å². The molecular weight excluding hydrogens is 216 g/mol. The lowest BCUT2D eigenvalue weighted by Gasteiger charge is -2.52. The van der Waals surface area contributed by atoms with Crippen molar-refractivity contribution in [3.05, 3.63) is 23.8 Å². The SMILES string of the molecule is C[C@@]12C=CC[C@H]1[C@@H]1CC=C3CCCC[C@@H]3[C@H]1CC2. The van der Waals surface area contributed by atoms with E-state index in [0.29, 0.717) is 5.41 Å². The molecule has 4 aliphatic carbocycles. The zero-order valence-electron chi connectivity index (χ0n) is 11.7. The third-order valence-corrected chi connectivity index (χ3v) is 6.69. The van der Waals surface area contributed by atoms with E-state index in [9.17, 15) is 0 Å². The molecule has 0 unspecified atom stereocenters. The van der Waals surface area contributed by atoms with Crippen molar-refractivity contribution in [3.63, 3.8) is 0 Å². The normalized spacial score (nSPS) is 50.2. The largest absolute Gasteiger partial charge is 0.0877 e. The highest BCUT2D eigenvalue weighted by Crippen LogP contribution is 2.59. The molecule has 0 aliphatic heterocycles. The Kier molecular flexibility index (Phi) is 2.51. The van der Waals surface area contributed by atoms with Crippen molar-refractivity contribution in [2.24, 2.45) is 29.1 Å². The van der Waals surface area contributed by atoms with E-state index >= 15 is 0 Å². The van der Waals surface area contributed by atoms with Gasteiger partial charge in [0.15, 0.2) is 0 Å². The summed E-state index contributed by atoms with van der Waals surface area (Å²) in [6.07, 6.45) is 19.3. The maximum atomic E-state index is 2.66. The van der Waals surface area contributed by atoms with Crippen molar-refractivity contribution in [2.75, 3.05) is 0 Å². The summed E-state index contributed by atoms with van der Waals surface area (Å²) in [7, 11) is 0. The molecule has 2 fully saturated rings. The van der Waals surface area contributed by atoms with E-state index in [4.69, 9.17) is 0 Å². The van der Waals surface area contributed by atoms with Gasteiger partial charge >= 0.3 is 0 Å². The molecule has 0 bridgehead atoms.